The molecule has 0 N–H and O–H groups in total. The van der Waals surface area contributed by atoms with Gasteiger partial charge in [0.2, 0.25) is 11.7 Å². The Morgan fingerprint density at radius 1 is 1.07 bits per heavy atom. The number of nitriles is 1. The molecule has 0 spiro atoms. The highest BCUT2D eigenvalue weighted by Crippen LogP contribution is 2.31. The van der Waals surface area contributed by atoms with Crippen molar-refractivity contribution in [3.05, 3.63) is 53.5 Å². The predicted octanol–water partition coefficient (Wildman–Crippen LogP) is 2.74. The average molecular weight is 415 g/mol. The van der Waals surface area contributed by atoms with Crippen LogP contribution in [0.5, 0.6) is 0 Å². The fourth-order valence-electron chi connectivity index (χ4n) is 3.15. The first-order valence-electron chi connectivity index (χ1n) is 9.14. The van der Waals surface area contributed by atoms with E-state index in [4.69, 9.17) is 9.78 Å². The molecule has 30 heavy (non-hydrogen) atoms. The molecule has 1 fully saturated rings. The van der Waals surface area contributed by atoms with Crippen molar-refractivity contribution in [2.45, 2.75) is 12.7 Å². The molecule has 0 saturated carbocycles. The third-order valence-corrected chi connectivity index (χ3v) is 4.74. The second kappa shape index (κ2) is 8.08. The molecule has 1 aliphatic heterocycles. The van der Waals surface area contributed by atoms with Gasteiger partial charge in [-0.05, 0) is 24.3 Å². The zero-order valence-electron chi connectivity index (χ0n) is 15.7. The Labute approximate surface area is 169 Å². The number of piperazine rings is 1. The number of nitrogens with zero attached hydrogens (tertiary/aromatic N) is 7. The maximum atomic E-state index is 12.9. The molecule has 0 atom stereocenters. The summed E-state index contributed by atoms with van der Waals surface area (Å²) in [6, 6.07) is 10.2. The zero-order valence-corrected chi connectivity index (χ0v) is 15.7. The van der Waals surface area contributed by atoms with Crippen molar-refractivity contribution < 1.29 is 17.7 Å². The van der Waals surface area contributed by atoms with E-state index in [2.05, 4.69) is 30.1 Å². The first kappa shape index (κ1) is 19.8. The number of hydrogen-bond donors (Lipinski definition) is 0. The van der Waals surface area contributed by atoms with Gasteiger partial charge >= 0.3 is 6.18 Å². The van der Waals surface area contributed by atoms with Crippen LogP contribution in [0.4, 0.5) is 19.0 Å². The van der Waals surface area contributed by atoms with E-state index in [1.165, 1.54) is 12.1 Å². The van der Waals surface area contributed by atoms with E-state index in [1.54, 1.807) is 12.1 Å². The molecule has 0 unspecified atom stereocenters. The van der Waals surface area contributed by atoms with Crippen molar-refractivity contribution >= 4 is 5.82 Å². The minimum Gasteiger partial charge on any atom is -0.353 e. The minimum atomic E-state index is -4.43. The summed E-state index contributed by atoms with van der Waals surface area (Å²) < 4.78 is 43.9. The molecular weight excluding hydrogens is 399 g/mol. The van der Waals surface area contributed by atoms with Crippen LogP contribution in [0, 0.1) is 11.3 Å². The van der Waals surface area contributed by atoms with E-state index in [9.17, 15) is 13.2 Å². The summed E-state index contributed by atoms with van der Waals surface area (Å²) in [5.41, 5.74) is -0.234. The molecule has 0 amide bonds. The number of alkyl halides is 3. The molecule has 154 valence electrons. The van der Waals surface area contributed by atoms with Crippen LogP contribution in [-0.4, -0.2) is 51.4 Å². The first-order chi connectivity index (χ1) is 14.4. The Kier molecular flexibility index (Phi) is 5.33. The standard InChI is InChI=1S/C19H16F3N7O/c20-19(21,22)14-3-1-2-13(10-14)18-24-17(30-27-18)12-28-6-8-29(9-7-28)16-5-4-15(11-23)25-26-16/h1-5,10H,6-9,12H2. The number of benzene rings is 1. The molecule has 0 radical (unpaired) electrons. The van der Waals surface area contributed by atoms with Gasteiger partial charge in [-0.1, -0.05) is 17.3 Å². The maximum Gasteiger partial charge on any atom is 0.416 e. The fourth-order valence-corrected chi connectivity index (χ4v) is 3.15. The van der Waals surface area contributed by atoms with Gasteiger partial charge in [0.05, 0.1) is 12.1 Å². The summed E-state index contributed by atoms with van der Waals surface area (Å²) in [5, 5.41) is 20.5. The van der Waals surface area contributed by atoms with Gasteiger partial charge < -0.3 is 9.42 Å². The second-order valence-electron chi connectivity index (χ2n) is 6.74. The van der Waals surface area contributed by atoms with E-state index in [0.717, 1.165) is 12.1 Å². The van der Waals surface area contributed by atoms with Crippen molar-refractivity contribution in [1.82, 2.24) is 25.2 Å². The van der Waals surface area contributed by atoms with E-state index < -0.39 is 11.7 Å². The van der Waals surface area contributed by atoms with Gasteiger partial charge in [0, 0.05) is 31.7 Å². The molecule has 1 aromatic carbocycles. The zero-order chi connectivity index (χ0) is 21.1. The summed E-state index contributed by atoms with van der Waals surface area (Å²) in [4.78, 5) is 8.41. The quantitative estimate of drug-likeness (QED) is 0.642. The van der Waals surface area contributed by atoms with Crippen molar-refractivity contribution in [3.63, 3.8) is 0 Å². The molecule has 1 saturated heterocycles. The molecule has 0 aliphatic carbocycles. The van der Waals surface area contributed by atoms with Crippen LogP contribution in [0.3, 0.4) is 0 Å². The minimum absolute atomic E-state index is 0.127. The highest BCUT2D eigenvalue weighted by molar-refractivity contribution is 5.55. The van der Waals surface area contributed by atoms with Crippen LogP contribution in [0.15, 0.2) is 40.9 Å². The summed E-state index contributed by atoms with van der Waals surface area (Å²) in [7, 11) is 0. The van der Waals surface area contributed by atoms with Crippen molar-refractivity contribution in [2.75, 3.05) is 31.1 Å². The lowest BCUT2D eigenvalue weighted by atomic mass is 10.1. The molecule has 0 bridgehead atoms. The molecular formula is C19H16F3N7O. The molecule has 3 aromatic rings. The van der Waals surface area contributed by atoms with E-state index >= 15 is 0 Å². The Balaban J connectivity index is 1.36. The third-order valence-electron chi connectivity index (χ3n) is 4.74. The van der Waals surface area contributed by atoms with Crippen LogP contribution in [0.25, 0.3) is 11.4 Å². The van der Waals surface area contributed by atoms with Crippen molar-refractivity contribution in [1.29, 1.82) is 5.26 Å². The van der Waals surface area contributed by atoms with Crippen LogP contribution >= 0.6 is 0 Å². The lowest BCUT2D eigenvalue weighted by Crippen LogP contribution is -2.46. The van der Waals surface area contributed by atoms with Crippen LogP contribution in [0.2, 0.25) is 0 Å². The summed E-state index contributed by atoms with van der Waals surface area (Å²) in [6.45, 7) is 3.23. The van der Waals surface area contributed by atoms with Gasteiger partial charge in [-0.2, -0.15) is 23.4 Å². The molecule has 2 aromatic heterocycles. The van der Waals surface area contributed by atoms with Gasteiger partial charge in [0.15, 0.2) is 11.5 Å². The van der Waals surface area contributed by atoms with Gasteiger partial charge in [-0.15, -0.1) is 10.2 Å². The summed E-state index contributed by atoms with van der Waals surface area (Å²) in [6.07, 6.45) is -4.43. The van der Waals surface area contributed by atoms with E-state index in [-0.39, 0.29) is 17.1 Å². The molecule has 1 aliphatic rings. The van der Waals surface area contributed by atoms with Crippen molar-refractivity contribution in [2.24, 2.45) is 0 Å². The average Bonchev–Trinajstić information content (AvgIpc) is 3.22. The number of aromatic nitrogens is 4. The molecule has 11 heteroatoms. The monoisotopic (exact) mass is 415 g/mol. The van der Waals surface area contributed by atoms with Gasteiger partial charge in [0.1, 0.15) is 6.07 Å². The van der Waals surface area contributed by atoms with Gasteiger partial charge in [-0.25, -0.2) is 0 Å². The number of halogens is 3. The van der Waals surface area contributed by atoms with Crippen LogP contribution in [-0.2, 0) is 12.7 Å². The lowest BCUT2D eigenvalue weighted by Gasteiger charge is -2.34. The van der Waals surface area contributed by atoms with Crippen LogP contribution < -0.4 is 4.90 Å². The second-order valence-corrected chi connectivity index (χ2v) is 6.74. The van der Waals surface area contributed by atoms with Gasteiger partial charge in [0.25, 0.3) is 0 Å². The predicted molar refractivity (Wildman–Crippen MR) is 99.0 cm³/mol. The maximum absolute atomic E-state index is 12.9. The molecule has 3 heterocycles. The number of rotatable bonds is 4. The van der Waals surface area contributed by atoms with Crippen LogP contribution in [0.1, 0.15) is 17.1 Å². The third kappa shape index (κ3) is 4.38. The normalized spacial score (nSPS) is 15.2. The topological polar surface area (TPSA) is 95.0 Å². The van der Waals surface area contributed by atoms with E-state index in [1.807, 2.05) is 6.07 Å². The summed E-state index contributed by atoms with van der Waals surface area (Å²) in [5.74, 6) is 1.18. The molecule has 8 nitrogen and oxygen atoms in total. The van der Waals surface area contributed by atoms with Crippen molar-refractivity contribution in [3.8, 4) is 17.5 Å². The first-order valence-corrected chi connectivity index (χ1v) is 9.14. The van der Waals surface area contributed by atoms with E-state index in [0.29, 0.717) is 44.4 Å². The highest BCUT2D eigenvalue weighted by atomic mass is 19.4. The fraction of sp³-hybridized carbons (Fsp3) is 0.316. The lowest BCUT2D eigenvalue weighted by molar-refractivity contribution is -0.137. The number of hydrogen-bond acceptors (Lipinski definition) is 8. The Hall–Kier alpha value is -3.52. The molecule has 4 rings (SSSR count). The SMILES string of the molecule is N#Cc1ccc(N2CCN(Cc3nc(-c4cccc(C(F)(F)F)c4)no3)CC2)nn1. The van der Waals surface area contributed by atoms with Gasteiger partial charge in [-0.3, -0.25) is 4.90 Å². The number of anilines is 1. The Bertz CT molecular complexity index is 1050. The largest absolute Gasteiger partial charge is 0.416 e. The summed E-state index contributed by atoms with van der Waals surface area (Å²) >= 11 is 0. The Morgan fingerprint density at radius 2 is 1.87 bits per heavy atom. The smallest absolute Gasteiger partial charge is 0.353 e. The highest BCUT2D eigenvalue weighted by Gasteiger charge is 2.31. The Morgan fingerprint density at radius 3 is 2.53 bits per heavy atom.